The van der Waals surface area contributed by atoms with Crippen molar-refractivity contribution < 1.29 is 0 Å². The fraction of sp³-hybridized carbons (Fsp3) is 0.286. The van der Waals surface area contributed by atoms with Crippen molar-refractivity contribution in [2.24, 2.45) is 0 Å². The highest BCUT2D eigenvalue weighted by atomic mass is 15.2. The molecule has 0 unspecified atom stereocenters. The molecule has 0 bridgehead atoms. The number of anilines is 3. The molecular formula is C21H24N6. The van der Waals surface area contributed by atoms with Crippen molar-refractivity contribution in [2.45, 2.75) is 26.4 Å². The minimum atomic E-state index is 0.622. The van der Waals surface area contributed by atoms with Gasteiger partial charge in [-0.25, -0.2) is 9.97 Å². The Balaban J connectivity index is 1.53. The first kappa shape index (κ1) is 17.3. The molecule has 4 rings (SSSR count). The second-order valence-corrected chi connectivity index (χ2v) is 6.75. The van der Waals surface area contributed by atoms with Crippen molar-refractivity contribution in [3.05, 3.63) is 71.0 Å². The van der Waals surface area contributed by atoms with Crippen LogP contribution in [0.2, 0.25) is 0 Å². The highest BCUT2D eigenvalue weighted by Gasteiger charge is 2.19. The number of rotatable bonds is 5. The van der Waals surface area contributed by atoms with Crippen LogP contribution in [0.25, 0.3) is 0 Å². The Kier molecular flexibility index (Phi) is 4.87. The standard InChI is InChI=1S/C21H24N6/c1-15-12-19(26-21(22-2)25-15)24-13-17-8-5-10-23-20(17)27-11-9-16-6-3-4-7-18(16)14-27/h3-8,10,12H,9,11,13-14H2,1-2H3,(H2,22,24,25,26). The number of nitrogens with one attached hydrogen (secondary N) is 2. The maximum atomic E-state index is 4.68. The van der Waals surface area contributed by atoms with E-state index >= 15 is 0 Å². The van der Waals surface area contributed by atoms with Gasteiger partial charge in [-0.3, -0.25) is 0 Å². The molecule has 3 aromatic rings. The van der Waals surface area contributed by atoms with E-state index < -0.39 is 0 Å². The average Bonchev–Trinajstić information content (AvgIpc) is 2.71. The van der Waals surface area contributed by atoms with E-state index in [0.29, 0.717) is 12.5 Å². The lowest BCUT2D eigenvalue weighted by Crippen LogP contribution is -2.32. The van der Waals surface area contributed by atoms with Crippen LogP contribution in [-0.4, -0.2) is 28.5 Å². The van der Waals surface area contributed by atoms with Gasteiger partial charge in [0.2, 0.25) is 5.95 Å². The second kappa shape index (κ2) is 7.61. The molecule has 6 heteroatoms. The van der Waals surface area contributed by atoms with Crippen LogP contribution < -0.4 is 15.5 Å². The van der Waals surface area contributed by atoms with Crippen LogP contribution in [0.3, 0.4) is 0 Å². The molecule has 0 aliphatic carbocycles. The van der Waals surface area contributed by atoms with Crippen LogP contribution in [0.5, 0.6) is 0 Å². The summed E-state index contributed by atoms with van der Waals surface area (Å²) < 4.78 is 0. The van der Waals surface area contributed by atoms with Gasteiger partial charge in [-0.15, -0.1) is 0 Å². The van der Waals surface area contributed by atoms with E-state index in [1.54, 1.807) is 0 Å². The molecule has 0 fully saturated rings. The molecule has 2 aromatic heterocycles. The molecule has 6 nitrogen and oxygen atoms in total. The van der Waals surface area contributed by atoms with Gasteiger partial charge < -0.3 is 15.5 Å². The zero-order valence-corrected chi connectivity index (χ0v) is 15.7. The van der Waals surface area contributed by atoms with Crippen molar-refractivity contribution in [3.8, 4) is 0 Å². The molecule has 27 heavy (non-hydrogen) atoms. The molecule has 0 saturated heterocycles. The van der Waals surface area contributed by atoms with Gasteiger partial charge in [0.05, 0.1) is 0 Å². The Morgan fingerprint density at radius 3 is 2.78 bits per heavy atom. The van der Waals surface area contributed by atoms with E-state index in [0.717, 1.165) is 36.8 Å². The quantitative estimate of drug-likeness (QED) is 0.727. The van der Waals surface area contributed by atoms with Crippen molar-refractivity contribution >= 4 is 17.6 Å². The number of hydrogen-bond acceptors (Lipinski definition) is 6. The summed E-state index contributed by atoms with van der Waals surface area (Å²) in [5, 5.41) is 6.41. The molecule has 0 atom stereocenters. The van der Waals surface area contributed by atoms with E-state index in [4.69, 9.17) is 0 Å². The topological polar surface area (TPSA) is 66.0 Å². The van der Waals surface area contributed by atoms with E-state index in [9.17, 15) is 0 Å². The van der Waals surface area contributed by atoms with Gasteiger partial charge in [-0.05, 0) is 30.5 Å². The first-order valence-corrected chi connectivity index (χ1v) is 9.26. The van der Waals surface area contributed by atoms with Crippen LogP contribution in [0, 0.1) is 6.92 Å². The molecule has 1 aromatic carbocycles. The van der Waals surface area contributed by atoms with Crippen molar-refractivity contribution in [1.82, 2.24) is 15.0 Å². The second-order valence-electron chi connectivity index (χ2n) is 6.75. The Morgan fingerprint density at radius 2 is 1.93 bits per heavy atom. The molecule has 0 saturated carbocycles. The van der Waals surface area contributed by atoms with Gasteiger partial charge in [-0.1, -0.05) is 30.3 Å². The highest BCUT2D eigenvalue weighted by Crippen LogP contribution is 2.26. The third-order valence-corrected chi connectivity index (χ3v) is 4.84. The fourth-order valence-electron chi connectivity index (χ4n) is 3.49. The van der Waals surface area contributed by atoms with E-state index in [1.165, 1.54) is 16.7 Å². The van der Waals surface area contributed by atoms with Crippen LogP contribution in [0.15, 0.2) is 48.7 Å². The Hall–Kier alpha value is -3.15. The highest BCUT2D eigenvalue weighted by molar-refractivity contribution is 5.52. The van der Waals surface area contributed by atoms with Gasteiger partial charge in [0.1, 0.15) is 11.6 Å². The molecule has 0 radical (unpaired) electrons. The van der Waals surface area contributed by atoms with Gasteiger partial charge in [0.25, 0.3) is 0 Å². The number of nitrogens with zero attached hydrogens (tertiary/aromatic N) is 4. The first-order valence-electron chi connectivity index (χ1n) is 9.26. The summed E-state index contributed by atoms with van der Waals surface area (Å²) in [4.78, 5) is 15.9. The molecule has 3 heterocycles. The van der Waals surface area contributed by atoms with Crippen molar-refractivity contribution in [3.63, 3.8) is 0 Å². The molecule has 138 valence electrons. The van der Waals surface area contributed by atoms with Gasteiger partial charge in [0.15, 0.2) is 0 Å². The summed E-state index contributed by atoms with van der Waals surface area (Å²) in [7, 11) is 1.83. The Bertz CT molecular complexity index is 939. The smallest absolute Gasteiger partial charge is 0.224 e. The third kappa shape index (κ3) is 3.84. The monoisotopic (exact) mass is 360 g/mol. The van der Waals surface area contributed by atoms with Gasteiger partial charge in [0, 0.05) is 50.2 Å². The van der Waals surface area contributed by atoms with Crippen LogP contribution in [-0.2, 0) is 19.5 Å². The number of fused-ring (bicyclic) bond motifs is 1. The fourth-order valence-corrected chi connectivity index (χ4v) is 3.49. The lowest BCUT2D eigenvalue weighted by molar-refractivity contribution is 0.716. The van der Waals surface area contributed by atoms with Crippen molar-refractivity contribution in [1.29, 1.82) is 0 Å². The van der Waals surface area contributed by atoms with E-state index in [1.807, 2.05) is 32.3 Å². The largest absolute Gasteiger partial charge is 0.366 e. The summed E-state index contributed by atoms with van der Waals surface area (Å²) in [5.74, 6) is 2.47. The van der Waals surface area contributed by atoms with Gasteiger partial charge in [-0.2, -0.15) is 4.98 Å². The number of pyridine rings is 1. The minimum Gasteiger partial charge on any atom is -0.366 e. The SMILES string of the molecule is CNc1nc(C)cc(NCc2cccnc2N2CCc3ccccc3C2)n1. The lowest BCUT2D eigenvalue weighted by atomic mass is 9.99. The molecule has 2 N–H and O–H groups in total. The Morgan fingerprint density at radius 1 is 1.07 bits per heavy atom. The number of aryl methyl sites for hydroxylation is 1. The maximum Gasteiger partial charge on any atom is 0.224 e. The molecule has 0 spiro atoms. The Labute approximate surface area is 159 Å². The van der Waals surface area contributed by atoms with E-state index in [2.05, 4.69) is 60.8 Å². The van der Waals surface area contributed by atoms with Crippen LogP contribution in [0.4, 0.5) is 17.6 Å². The lowest BCUT2D eigenvalue weighted by Gasteiger charge is -2.31. The first-order chi connectivity index (χ1) is 13.2. The number of benzene rings is 1. The molecule has 1 aliphatic rings. The predicted molar refractivity (Wildman–Crippen MR) is 109 cm³/mol. The zero-order chi connectivity index (χ0) is 18.6. The summed E-state index contributed by atoms with van der Waals surface area (Å²) >= 11 is 0. The summed E-state index contributed by atoms with van der Waals surface area (Å²) in [6, 6.07) is 14.7. The summed E-state index contributed by atoms with van der Waals surface area (Å²) in [6.45, 7) is 4.52. The van der Waals surface area contributed by atoms with Crippen molar-refractivity contribution in [2.75, 3.05) is 29.1 Å². The average molecular weight is 360 g/mol. The zero-order valence-electron chi connectivity index (χ0n) is 15.7. The maximum absolute atomic E-state index is 4.68. The third-order valence-electron chi connectivity index (χ3n) is 4.84. The molecule has 1 aliphatic heterocycles. The molecular weight excluding hydrogens is 336 g/mol. The summed E-state index contributed by atoms with van der Waals surface area (Å²) in [6.07, 6.45) is 2.92. The summed E-state index contributed by atoms with van der Waals surface area (Å²) in [5.41, 5.74) is 4.92. The van der Waals surface area contributed by atoms with Gasteiger partial charge >= 0.3 is 0 Å². The molecule has 0 amide bonds. The van der Waals surface area contributed by atoms with Crippen LogP contribution >= 0.6 is 0 Å². The number of aromatic nitrogens is 3. The number of hydrogen-bond donors (Lipinski definition) is 2. The predicted octanol–water partition coefficient (Wildman–Crippen LogP) is 3.40. The normalized spacial score (nSPS) is 13.2. The minimum absolute atomic E-state index is 0.622. The van der Waals surface area contributed by atoms with E-state index in [-0.39, 0.29) is 0 Å². The van der Waals surface area contributed by atoms with Crippen LogP contribution in [0.1, 0.15) is 22.4 Å².